The van der Waals surface area contributed by atoms with Gasteiger partial charge in [0.05, 0.1) is 24.6 Å². The fourth-order valence-electron chi connectivity index (χ4n) is 3.83. The topological polar surface area (TPSA) is 113 Å². The summed E-state index contributed by atoms with van der Waals surface area (Å²) in [4.78, 5) is 28.5. The van der Waals surface area contributed by atoms with Gasteiger partial charge in [-0.1, -0.05) is 6.07 Å². The highest BCUT2D eigenvalue weighted by Crippen LogP contribution is 2.45. The number of hydrogen-bond donors (Lipinski definition) is 2. The van der Waals surface area contributed by atoms with Gasteiger partial charge in [0.15, 0.2) is 11.5 Å². The monoisotopic (exact) mass is 519 g/mol. The number of nitrogens with one attached hydrogen (secondary N) is 1. The van der Waals surface area contributed by atoms with Gasteiger partial charge in [0, 0.05) is 0 Å². The maximum Gasteiger partial charge on any atom is 0.573 e. The molecule has 0 atom stereocenters. The molecule has 0 radical (unpaired) electrons. The summed E-state index contributed by atoms with van der Waals surface area (Å²) in [6, 6.07) is 7.90. The number of nitrogens with two attached hydrogens (primary N) is 1. The van der Waals surface area contributed by atoms with E-state index in [1.54, 1.807) is 13.0 Å². The van der Waals surface area contributed by atoms with E-state index in [2.05, 4.69) is 15.0 Å². The van der Waals surface area contributed by atoms with Crippen LogP contribution < -0.4 is 25.3 Å². The fraction of sp³-hybridized carbons (Fsp3) is 0.240. The number of rotatable bonds is 8. The van der Waals surface area contributed by atoms with Gasteiger partial charge in [0.25, 0.3) is 11.8 Å². The van der Waals surface area contributed by atoms with Crippen LogP contribution in [0.3, 0.4) is 0 Å². The zero-order valence-corrected chi connectivity index (χ0v) is 19.6. The van der Waals surface area contributed by atoms with E-state index in [4.69, 9.17) is 15.2 Å². The summed E-state index contributed by atoms with van der Waals surface area (Å²) in [5.74, 6) is -4.43. The Morgan fingerprint density at radius 1 is 1.05 bits per heavy atom. The van der Waals surface area contributed by atoms with Crippen molar-refractivity contribution in [3.05, 3.63) is 70.8 Å². The van der Waals surface area contributed by atoms with Gasteiger partial charge in [-0.3, -0.25) is 9.59 Å². The minimum Gasteiger partial charge on any atom is -0.490 e. The summed E-state index contributed by atoms with van der Waals surface area (Å²) in [7, 11) is 1.06. The zero-order chi connectivity index (χ0) is 26.9. The lowest BCUT2D eigenvalue weighted by atomic mass is 9.97. The molecule has 0 bridgehead atoms. The molecular formula is C25H21F4N3O5. The SMILES string of the molecule is COc1c(Oc2ccc(C3CC3)c(C)c2C(=O)Nc2ccc(C(N)=O)nc2)ccc(OC(F)(F)F)c1F. The Hall–Kier alpha value is -4.35. The third-order valence-electron chi connectivity index (χ3n) is 5.66. The number of benzene rings is 2. The largest absolute Gasteiger partial charge is 0.573 e. The molecule has 0 aliphatic heterocycles. The number of methoxy groups -OCH3 is 1. The fourth-order valence-corrected chi connectivity index (χ4v) is 3.83. The summed E-state index contributed by atoms with van der Waals surface area (Å²) in [5, 5.41) is 2.67. The van der Waals surface area contributed by atoms with Crippen molar-refractivity contribution < 1.29 is 41.4 Å². The van der Waals surface area contributed by atoms with Crippen molar-refractivity contribution in [1.82, 2.24) is 4.98 Å². The third kappa shape index (κ3) is 5.74. The van der Waals surface area contributed by atoms with Crippen LogP contribution >= 0.6 is 0 Å². The lowest BCUT2D eigenvalue weighted by Gasteiger charge is -2.19. The van der Waals surface area contributed by atoms with Gasteiger partial charge in [-0.15, -0.1) is 13.2 Å². The van der Waals surface area contributed by atoms with Crippen LogP contribution in [0.15, 0.2) is 42.6 Å². The van der Waals surface area contributed by atoms with Gasteiger partial charge < -0.3 is 25.3 Å². The number of pyridine rings is 1. The Morgan fingerprint density at radius 3 is 2.30 bits per heavy atom. The molecule has 1 aliphatic rings. The van der Waals surface area contributed by atoms with Crippen molar-refractivity contribution >= 4 is 17.5 Å². The smallest absolute Gasteiger partial charge is 0.490 e. The van der Waals surface area contributed by atoms with Crippen LogP contribution in [0.5, 0.6) is 23.0 Å². The third-order valence-corrected chi connectivity index (χ3v) is 5.66. The normalized spacial score (nSPS) is 13.1. The molecule has 1 aromatic heterocycles. The Kier molecular flexibility index (Phi) is 6.92. The number of hydrogen-bond acceptors (Lipinski definition) is 6. The number of primary amides is 1. The molecule has 3 N–H and O–H groups in total. The molecule has 1 fully saturated rings. The van der Waals surface area contributed by atoms with Crippen molar-refractivity contribution in [2.24, 2.45) is 5.73 Å². The van der Waals surface area contributed by atoms with Crippen molar-refractivity contribution in [3.8, 4) is 23.0 Å². The number of aromatic nitrogens is 1. The Morgan fingerprint density at radius 2 is 1.73 bits per heavy atom. The molecule has 194 valence electrons. The van der Waals surface area contributed by atoms with E-state index in [0.717, 1.165) is 37.6 Å². The number of nitrogens with zero attached hydrogens (tertiary/aromatic N) is 1. The molecule has 37 heavy (non-hydrogen) atoms. The molecule has 3 aromatic rings. The summed E-state index contributed by atoms with van der Waals surface area (Å²) < 4.78 is 67.0. The number of anilines is 1. The summed E-state index contributed by atoms with van der Waals surface area (Å²) in [6.45, 7) is 1.74. The molecule has 2 aromatic carbocycles. The maximum absolute atomic E-state index is 14.7. The van der Waals surface area contributed by atoms with E-state index in [1.807, 2.05) is 0 Å². The number of carbonyl (C=O) groups excluding carboxylic acids is 2. The van der Waals surface area contributed by atoms with Gasteiger partial charge in [-0.25, -0.2) is 4.98 Å². The van der Waals surface area contributed by atoms with Gasteiger partial charge in [-0.05, 0) is 67.1 Å². The molecular weight excluding hydrogens is 498 g/mol. The minimum absolute atomic E-state index is 0.0148. The molecule has 1 heterocycles. The molecule has 12 heteroatoms. The molecule has 8 nitrogen and oxygen atoms in total. The van der Waals surface area contributed by atoms with E-state index in [-0.39, 0.29) is 34.4 Å². The molecule has 4 rings (SSSR count). The minimum atomic E-state index is -5.11. The van der Waals surface area contributed by atoms with E-state index in [0.29, 0.717) is 5.56 Å². The quantitative estimate of drug-likeness (QED) is 0.383. The van der Waals surface area contributed by atoms with E-state index >= 15 is 0 Å². The predicted molar refractivity (Wildman–Crippen MR) is 124 cm³/mol. The number of amides is 2. The summed E-state index contributed by atoms with van der Waals surface area (Å²) in [5.41, 5.74) is 7.16. The lowest BCUT2D eigenvalue weighted by molar-refractivity contribution is -0.275. The van der Waals surface area contributed by atoms with Gasteiger partial charge in [0.2, 0.25) is 11.6 Å². The first kappa shape index (κ1) is 25.7. The van der Waals surface area contributed by atoms with Crippen molar-refractivity contribution in [3.63, 3.8) is 0 Å². The van der Waals surface area contributed by atoms with Crippen molar-refractivity contribution in [2.45, 2.75) is 32.0 Å². The second kappa shape index (κ2) is 9.96. The average Bonchev–Trinajstić information content (AvgIpc) is 3.66. The Labute approximate surface area is 208 Å². The molecule has 0 unspecified atom stereocenters. The first-order valence-corrected chi connectivity index (χ1v) is 11.0. The van der Waals surface area contributed by atoms with Crippen LogP contribution in [0.1, 0.15) is 50.7 Å². The molecule has 0 saturated heterocycles. The highest BCUT2D eigenvalue weighted by Gasteiger charge is 2.34. The standard InChI is InChI=1S/C25H21F4N3O5/c1-12-15(13-3-4-13)6-8-17(20(12)24(34)32-14-5-7-16(23(30)33)31-11-14)36-19-10-9-18(37-25(27,28)29)21(26)22(19)35-2/h5-11,13H,3-4H2,1-2H3,(H2,30,33)(H,32,34). The predicted octanol–water partition coefficient (Wildman–Crippen LogP) is 5.46. The molecule has 1 saturated carbocycles. The first-order valence-electron chi connectivity index (χ1n) is 11.0. The lowest BCUT2D eigenvalue weighted by Crippen LogP contribution is -2.18. The summed E-state index contributed by atoms with van der Waals surface area (Å²) >= 11 is 0. The van der Waals surface area contributed by atoms with Gasteiger partial charge in [0.1, 0.15) is 11.4 Å². The Balaban J connectivity index is 1.70. The van der Waals surface area contributed by atoms with Crippen LogP contribution in [0, 0.1) is 12.7 Å². The van der Waals surface area contributed by atoms with Crippen molar-refractivity contribution in [2.75, 3.05) is 12.4 Å². The van der Waals surface area contributed by atoms with E-state index in [1.165, 1.54) is 24.4 Å². The van der Waals surface area contributed by atoms with Gasteiger partial charge in [-0.2, -0.15) is 4.39 Å². The van der Waals surface area contributed by atoms with Crippen LogP contribution in [0.2, 0.25) is 0 Å². The highest BCUT2D eigenvalue weighted by atomic mass is 19.4. The number of alkyl halides is 3. The summed E-state index contributed by atoms with van der Waals surface area (Å²) in [6.07, 6.45) is -1.93. The Bertz CT molecular complexity index is 1360. The van der Waals surface area contributed by atoms with E-state index in [9.17, 15) is 27.2 Å². The number of ether oxygens (including phenoxy) is 3. The molecule has 2 amide bonds. The maximum atomic E-state index is 14.7. The molecule has 1 aliphatic carbocycles. The van der Waals surface area contributed by atoms with E-state index < -0.39 is 35.5 Å². The first-order chi connectivity index (χ1) is 17.5. The van der Waals surface area contributed by atoms with Gasteiger partial charge >= 0.3 is 6.36 Å². The van der Waals surface area contributed by atoms with Crippen LogP contribution in [0.4, 0.5) is 23.2 Å². The molecule has 0 spiro atoms. The van der Waals surface area contributed by atoms with Crippen LogP contribution in [-0.2, 0) is 0 Å². The number of carbonyl (C=O) groups is 2. The second-order valence-electron chi connectivity index (χ2n) is 8.24. The number of halogens is 4. The van der Waals surface area contributed by atoms with Crippen LogP contribution in [0.25, 0.3) is 0 Å². The van der Waals surface area contributed by atoms with Crippen LogP contribution in [-0.4, -0.2) is 30.3 Å². The zero-order valence-electron chi connectivity index (χ0n) is 19.6. The highest BCUT2D eigenvalue weighted by molar-refractivity contribution is 6.07. The average molecular weight is 519 g/mol. The van der Waals surface area contributed by atoms with Crippen molar-refractivity contribution in [1.29, 1.82) is 0 Å². The second-order valence-corrected chi connectivity index (χ2v) is 8.24.